The van der Waals surface area contributed by atoms with E-state index in [1.165, 1.54) is 24.3 Å². The van der Waals surface area contributed by atoms with E-state index >= 15 is 0 Å². The molecule has 1 aliphatic heterocycles. The zero-order chi connectivity index (χ0) is 36.5. The Hall–Kier alpha value is -5.61. The molecule has 7 nitrogen and oxygen atoms in total. The predicted molar refractivity (Wildman–Crippen MR) is 195 cm³/mol. The Kier molecular flexibility index (Phi) is 11.6. The van der Waals surface area contributed by atoms with Crippen molar-refractivity contribution in [3.8, 4) is 11.3 Å². The second kappa shape index (κ2) is 16.6. The quantitative estimate of drug-likeness (QED) is 0.134. The zero-order valence-electron chi connectivity index (χ0n) is 28.9. The fraction of sp³-hybridized carbons (Fsp3) is 0.238. The molecule has 10 heteroatoms. The number of rotatable bonds is 11. The molecule has 0 spiro atoms. The van der Waals surface area contributed by atoms with Crippen LogP contribution in [0.25, 0.3) is 17.3 Å². The number of aryl methyl sites for hydroxylation is 1. The molecule has 3 aromatic carbocycles. The van der Waals surface area contributed by atoms with Crippen LogP contribution in [0.15, 0.2) is 128 Å². The number of carbonyl (C=O) groups excluding carboxylic acids is 2. The molecular weight excluding hydrogens is 663 g/mol. The maximum absolute atomic E-state index is 14.6. The Morgan fingerprint density at radius 3 is 2.17 bits per heavy atom. The molecule has 2 aromatic heterocycles. The maximum atomic E-state index is 14.6. The number of pyridine rings is 2. The number of piperazine rings is 1. The fourth-order valence-electron chi connectivity index (χ4n) is 6.32. The van der Waals surface area contributed by atoms with E-state index in [-0.39, 0.29) is 12.5 Å². The van der Waals surface area contributed by atoms with Crippen molar-refractivity contribution in [2.45, 2.75) is 38.7 Å². The monoisotopic (exact) mass is 703 g/mol. The Bertz CT molecular complexity index is 1960. The van der Waals surface area contributed by atoms with Gasteiger partial charge >= 0.3 is 6.18 Å². The number of amides is 2. The van der Waals surface area contributed by atoms with Crippen LogP contribution >= 0.6 is 0 Å². The summed E-state index contributed by atoms with van der Waals surface area (Å²) in [5.41, 5.74) is 5.06. The third-order valence-corrected chi connectivity index (χ3v) is 9.16. The van der Waals surface area contributed by atoms with Crippen LogP contribution in [0, 0.1) is 6.92 Å². The van der Waals surface area contributed by atoms with Gasteiger partial charge in [0.2, 0.25) is 11.8 Å². The van der Waals surface area contributed by atoms with Crippen LogP contribution in [-0.4, -0.2) is 68.7 Å². The lowest BCUT2D eigenvalue weighted by Gasteiger charge is -2.39. The van der Waals surface area contributed by atoms with Gasteiger partial charge in [-0.2, -0.15) is 13.2 Å². The summed E-state index contributed by atoms with van der Waals surface area (Å²) in [4.78, 5) is 43.5. The second-order valence-electron chi connectivity index (χ2n) is 12.9. The van der Waals surface area contributed by atoms with E-state index in [1.807, 2.05) is 103 Å². The fourth-order valence-corrected chi connectivity index (χ4v) is 6.32. The van der Waals surface area contributed by atoms with Gasteiger partial charge in [0, 0.05) is 69.2 Å². The van der Waals surface area contributed by atoms with Gasteiger partial charge in [-0.3, -0.25) is 24.5 Å². The van der Waals surface area contributed by atoms with Gasteiger partial charge in [-0.15, -0.1) is 0 Å². The van der Waals surface area contributed by atoms with Gasteiger partial charge in [-0.1, -0.05) is 78.9 Å². The van der Waals surface area contributed by atoms with Crippen molar-refractivity contribution in [1.82, 2.24) is 24.7 Å². The van der Waals surface area contributed by atoms with Gasteiger partial charge in [0.1, 0.15) is 6.04 Å². The van der Waals surface area contributed by atoms with Gasteiger partial charge in [0.05, 0.1) is 17.0 Å². The zero-order valence-corrected chi connectivity index (χ0v) is 28.9. The highest BCUT2D eigenvalue weighted by atomic mass is 19.4. The van der Waals surface area contributed by atoms with Crippen molar-refractivity contribution < 1.29 is 22.8 Å². The molecule has 266 valence electrons. The third-order valence-electron chi connectivity index (χ3n) is 9.16. The number of halogens is 3. The highest BCUT2D eigenvalue weighted by Gasteiger charge is 2.34. The Balaban J connectivity index is 1.27. The van der Waals surface area contributed by atoms with E-state index in [1.54, 1.807) is 11.1 Å². The van der Waals surface area contributed by atoms with E-state index < -0.39 is 23.7 Å². The summed E-state index contributed by atoms with van der Waals surface area (Å²) < 4.78 is 39.5. The first-order valence-electron chi connectivity index (χ1n) is 17.3. The molecule has 0 unspecified atom stereocenters. The van der Waals surface area contributed by atoms with Crippen LogP contribution in [0.5, 0.6) is 0 Å². The minimum absolute atomic E-state index is 0.140. The van der Waals surface area contributed by atoms with Gasteiger partial charge < -0.3 is 9.80 Å². The SMILES string of the molecule is Cc1cccc(CN2CCN(C(=O)[C@H](Cc3ccccc3)N(Cc3ccc(-c4ccccn4)cc3)C(=O)/C=C/c3ccc(C(F)(F)F)cc3)CC2)n1. The van der Waals surface area contributed by atoms with Gasteiger partial charge in [-0.25, -0.2) is 0 Å². The van der Waals surface area contributed by atoms with E-state index in [9.17, 15) is 22.8 Å². The summed E-state index contributed by atoms with van der Waals surface area (Å²) in [6.45, 7) is 5.11. The first-order valence-corrected chi connectivity index (χ1v) is 17.3. The first-order chi connectivity index (χ1) is 25.1. The predicted octanol–water partition coefficient (Wildman–Crippen LogP) is 7.47. The number of nitrogens with zero attached hydrogens (tertiary/aromatic N) is 5. The molecule has 3 heterocycles. The number of hydrogen-bond donors (Lipinski definition) is 0. The summed E-state index contributed by atoms with van der Waals surface area (Å²) in [6, 6.07) is 32.8. The Labute approximate surface area is 302 Å². The first kappa shape index (κ1) is 36.2. The highest BCUT2D eigenvalue weighted by molar-refractivity contribution is 5.95. The third kappa shape index (κ3) is 9.58. The molecule has 5 aromatic rings. The molecule has 1 aliphatic rings. The van der Waals surface area contributed by atoms with Crippen molar-refractivity contribution >= 4 is 17.9 Å². The molecule has 1 atom stereocenters. The number of hydrogen-bond acceptors (Lipinski definition) is 5. The largest absolute Gasteiger partial charge is 0.416 e. The summed E-state index contributed by atoms with van der Waals surface area (Å²) in [5, 5.41) is 0. The number of aromatic nitrogens is 2. The van der Waals surface area contributed by atoms with E-state index in [4.69, 9.17) is 0 Å². The van der Waals surface area contributed by atoms with Crippen LogP contribution in [0.2, 0.25) is 0 Å². The molecule has 1 saturated heterocycles. The summed E-state index contributed by atoms with van der Waals surface area (Å²) >= 11 is 0. The molecule has 52 heavy (non-hydrogen) atoms. The number of carbonyl (C=O) groups is 2. The lowest BCUT2D eigenvalue weighted by atomic mass is 10.0. The van der Waals surface area contributed by atoms with Crippen molar-refractivity contribution in [2.75, 3.05) is 26.2 Å². The number of benzene rings is 3. The lowest BCUT2D eigenvalue weighted by molar-refractivity contribution is -0.145. The van der Waals surface area contributed by atoms with Gasteiger partial charge in [0.15, 0.2) is 0 Å². The molecule has 0 radical (unpaired) electrons. The van der Waals surface area contributed by atoms with E-state index in [0.29, 0.717) is 44.7 Å². The molecule has 0 saturated carbocycles. The molecule has 0 aliphatic carbocycles. The summed E-state index contributed by atoms with van der Waals surface area (Å²) in [5.74, 6) is -0.578. The van der Waals surface area contributed by atoms with Crippen molar-refractivity contribution in [3.05, 3.63) is 161 Å². The molecule has 0 N–H and O–H groups in total. The Morgan fingerprint density at radius 2 is 1.52 bits per heavy atom. The minimum Gasteiger partial charge on any atom is -0.338 e. The molecule has 1 fully saturated rings. The smallest absolute Gasteiger partial charge is 0.338 e. The summed E-state index contributed by atoms with van der Waals surface area (Å²) in [7, 11) is 0. The van der Waals surface area contributed by atoms with Crippen LogP contribution in [0.4, 0.5) is 13.2 Å². The van der Waals surface area contributed by atoms with Crippen molar-refractivity contribution in [2.24, 2.45) is 0 Å². The van der Waals surface area contributed by atoms with Crippen molar-refractivity contribution in [1.29, 1.82) is 0 Å². The normalized spacial score (nSPS) is 14.3. The Morgan fingerprint density at radius 1 is 0.808 bits per heavy atom. The molecule has 0 bridgehead atoms. The average molecular weight is 704 g/mol. The molecule has 2 amide bonds. The average Bonchev–Trinajstić information content (AvgIpc) is 3.16. The number of alkyl halides is 3. The molecule has 6 rings (SSSR count). The second-order valence-corrected chi connectivity index (χ2v) is 12.9. The van der Waals surface area contributed by atoms with Crippen LogP contribution in [-0.2, 0) is 35.3 Å². The minimum atomic E-state index is -4.46. The summed E-state index contributed by atoms with van der Waals surface area (Å²) in [6.07, 6.45) is 0.379. The van der Waals surface area contributed by atoms with Gasteiger partial charge in [0.25, 0.3) is 0 Å². The lowest BCUT2D eigenvalue weighted by Crippen LogP contribution is -2.56. The van der Waals surface area contributed by atoms with Crippen LogP contribution in [0.1, 0.15) is 33.6 Å². The van der Waals surface area contributed by atoms with Crippen LogP contribution < -0.4 is 0 Å². The van der Waals surface area contributed by atoms with Crippen molar-refractivity contribution in [3.63, 3.8) is 0 Å². The topological polar surface area (TPSA) is 69.6 Å². The van der Waals surface area contributed by atoms with Crippen LogP contribution in [0.3, 0.4) is 0 Å². The van der Waals surface area contributed by atoms with E-state index in [0.717, 1.165) is 45.9 Å². The molecular formula is C42H40F3N5O2. The maximum Gasteiger partial charge on any atom is 0.416 e. The van der Waals surface area contributed by atoms with E-state index in [2.05, 4.69) is 14.9 Å². The standard InChI is InChI=1S/C42H40F3N5O2/c1-31-8-7-11-37(47-31)30-48-24-26-49(27-25-48)41(52)39(28-33-9-3-2-4-10-33)50(29-34-13-18-35(19-14-34)38-12-5-6-23-46-38)40(51)22-17-32-15-20-36(21-16-32)42(43,44)45/h2-23,39H,24-30H2,1H3/b22-17+/t39-/m0/s1. The highest BCUT2D eigenvalue weighted by Crippen LogP contribution is 2.29. The van der Waals surface area contributed by atoms with Gasteiger partial charge in [-0.05, 0) is 66.1 Å².